The van der Waals surface area contributed by atoms with E-state index >= 15 is 0 Å². The number of carbonyl (C=O) groups is 1. The molecule has 0 bridgehead atoms. The van der Waals surface area contributed by atoms with E-state index in [-0.39, 0.29) is 16.7 Å². The molecular weight excluding hydrogens is 284 g/mol. The lowest BCUT2D eigenvalue weighted by atomic mass is 10.1. The summed E-state index contributed by atoms with van der Waals surface area (Å²) in [4.78, 5) is 11.9. The van der Waals surface area contributed by atoms with Crippen molar-refractivity contribution >= 4 is 27.7 Å². The average Bonchev–Trinajstić information content (AvgIpc) is 2.89. The first-order valence-electron chi connectivity index (χ1n) is 5.94. The zero-order valence-corrected chi connectivity index (χ0v) is 12.0. The number of nitrogens with two attached hydrogens (primary N) is 1. The molecular formula is C12H16N2O3S2. The highest BCUT2D eigenvalue weighted by Crippen LogP contribution is 2.23. The van der Waals surface area contributed by atoms with Crippen molar-refractivity contribution in [2.24, 2.45) is 11.1 Å². The number of benzene rings is 1. The third-order valence-electron chi connectivity index (χ3n) is 2.99. The van der Waals surface area contributed by atoms with Gasteiger partial charge in [-0.3, -0.25) is 4.79 Å². The van der Waals surface area contributed by atoms with Crippen LogP contribution in [0.3, 0.4) is 0 Å². The summed E-state index contributed by atoms with van der Waals surface area (Å²) in [7, 11) is -3.70. The third-order valence-corrected chi connectivity index (χ3v) is 5.07. The molecule has 1 saturated heterocycles. The van der Waals surface area contributed by atoms with Crippen molar-refractivity contribution in [2.75, 3.05) is 11.5 Å². The fourth-order valence-electron chi connectivity index (χ4n) is 1.91. The molecule has 1 fully saturated rings. The summed E-state index contributed by atoms with van der Waals surface area (Å²) in [5, 5.41) is 7.89. The predicted molar refractivity (Wildman–Crippen MR) is 75.1 cm³/mol. The van der Waals surface area contributed by atoms with Gasteiger partial charge in [0.05, 0.1) is 4.90 Å². The highest BCUT2D eigenvalue weighted by Gasteiger charge is 2.22. The fraction of sp³-hybridized carbons (Fsp3) is 0.417. The van der Waals surface area contributed by atoms with Gasteiger partial charge in [-0.15, -0.1) is 0 Å². The summed E-state index contributed by atoms with van der Waals surface area (Å²) in [6.07, 6.45) is 0.910. The second kappa shape index (κ2) is 5.94. The van der Waals surface area contributed by atoms with Crippen molar-refractivity contribution in [2.45, 2.75) is 17.9 Å². The molecule has 0 aliphatic carbocycles. The minimum Gasteiger partial charge on any atom is -0.352 e. The highest BCUT2D eigenvalue weighted by molar-refractivity contribution is 7.99. The van der Waals surface area contributed by atoms with Gasteiger partial charge in [-0.2, -0.15) is 11.8 Å². The van der Waals surface area contributed by atoms with Gasteiger partial charge in [0.1, 0.15) is 0 Å². The molecule has 104 valence electrons. The van der Waals surface area contributed by atoms with E-state index < -0.39 is 10.0 Å². The van der Waals surface area contributed by atoms with Gasteiger partial charge in [0.2, 0.25) is 15.9 Å². The lowest BCUT2D eigenvalue weighted by Crippen LogP contribution is -2.30. The second-order valence-corrected chi connectivity index (χ2v) is 7.18. The van der Waals surface area contributed by atoms with Crippen LogP contribution in [0.4, 0.5) is 0 Å². The molecule has 1 aliphatic heterocycles. The number of carbonyl (C=O) groups excluding carboxylic acids is 1. The number of thioether (sulfide) groups is 1. The first-order valence-corrected chi connectivity index (χ1v) is 8.64. The van der Waals surface area contributed by atoms with Crippen molar-refractivity contribution in [3.05, 3.63) is 29.8 Å². The zero-order valence-electron chi connectivity index (χ0n) is 10.3. The highest BCUT2D eigenvalue weighted by atomic mass is 32.2. The maximum absolute atomic E-state index is 11.8. The molecule has 0 saturated carbocycles. The van der Waals surface area contributed by atoms with E-state index in [0.717, 1.165) is 23.5 Å². The van der Waals surface area contributed by atoms with Crippen LogP contribution in [0.25, 0.3) is 0 Å². The minimum atomic E-state index is -3.70. The number of hydrogen-bond acceptors (Lipinski definition) is 4. The maximum Gasteiger partial charge on any atom is 0.238 e. The van der Waals surface area contributed by atoms with Crippen LogP contribution in [0.1, 0.15) is 12.0 Å². The van der Waals surface area contributed by atoms with E-state index in [1.54, 1.807) is 23.9 Å². The van der Waals surface area contributed by atoms with Crippen molar-refractivity contribution < 1.29 is 13.2 Å². The summed E-state index contributed by atoms with van der Waals surface area (Å²) in [5.41, 5.74) is 0.727. The Morgan fingerprint density at radius 3 is 2.89 bits per heavy atom. The van der Waals surface area contributed by atoms with Gasteiger partial charge >= 0.3 is 0 Å². The standard InChI is InChI=1S/C12H16N2O3S2/c13-19(16,17)11-3-1-2-9(6-11)7-14-12(15)10-4-5-18-8-10/h1-3,6,10H,4-5,7-8H2,(H,14,15)(H2,13,16,17). The van der Waals surface area contributed by atoms with E-state index in [9.17, 15) is 13.2 Å². The van der Waals surface area contributed by atoms with Crippen LogP contribution in [0, 0.1) is 5.92 Å². The normalized spacial score (nSPS) is 19.3. The zero-order chi connectivity index (χ0) is 13.9. The Morgan fingerprint density at radius 2 is 2.26 bits per heavy atom. The largest absolute Gasteiger partial charge is 0.352 e. The molecule has 5 nitrogen and oxygen atoms in total. The fourth-order valence-corrected chi connectivity index (χ4v) is 3.71. The third kappa shape index (κ3) is 3.95. The number of amides is 1. The molecule has 2 rings (SSSR count). The Kier molecular flexibility index (Phi) is 4.49. The summed E-state index contributed by atoms with van der Waals surface area (Å²) in [6, 6.07) is 6.30. The smallest absolute Gasteiger partial charge is 0.238 e. The lowest BCUT2D eigenvalue weighted by molar-refractivity contribution is -0.124. The molecule has 1 heterocycles. The summed E-state index contributed by atoms with van der Waals surface area (Å²) in [5.74, 6) is 2.00. The molecule has 1 unspecified atom stereocenters. The van der Waals surface area contributed by atoms with E-state index in [0.29, 0.717) is 6.54 Å². The Labute approximate surface area is 117 Å². The Morgan fingerprint density at radius 1 is 1.47 bits per heavy atom. The average molecular weight is 300 g/mol. The molecule has 0 aromatic heterocycles. The van der Waals surface area contributed by atoms with E-state index in [1.807, 2.05) is 0 Å². The van der Waals surface area contributed by atoms with E-state index in [2.05, 4.69) is 5.32 Å². The van der Waals surface area contributed by atoms with Gasteiger partial charge in [-0.1, -0.05) is 12.1 Å². The monoisotopic (exact) mass is 300 g/mol. The van der Waals surface area contributed by atoms with Crippen LogP contribution in [0.15, 0.2) is 29.2 Å². The molecule has 0 radical (unpaired) electrons. The quantitative estimate of drug-likeness (QED) is 0.856. The van der Waals surface area contributed by atoms with Gasteiger partial charge < -0.3 is 5.32 Å². The van der Waals surface area contributed by atoms with Crippen LogP contribution in [0.2, 0.25) is 0 Å². The SMILES string of the molecule is NS(=O)(=O)c1cccc(CNC(=O)C2CCSC2)c1. The van der Waals surface area contributed by atoms with Gasteiger partial charge in [0, 0.05) is 18.2 Å². The molecule has 19 heavy (non-hydrogen) atoms. The number of hydrogen-bond donors (Lipinski definition) is 2. The number of primary sulfonamides is 1. The predicted octanol–water partition coefficient (Wildman–Crippen LogP) is 0.703. The Hall–Kier alpha value is -1.05. The molecule has 3 N–H and O–H groups in total. The Balaban J connectivity index is 1.98. The van der Waals surface area contributed by atoms with Crippen molar-refractivity contribution in [1.82, 2.24) is 5.32 Å². The van der Waals surface area contributed by atoms with Crippen LogP contribution in [0.5, 0.6) is 0 Å². The summed E-state index contributed by atoms with van der Waals surface area (Å²) < 4.78 is 22.4. The molecule has 0 spiro atoms. The van der Waals surface area contributed by atoms with Crippen molar-refractivity contribution in [3.8, 4) is 0 Å². The molecule has 1 aliphatic rings. The van der Waals surface area contributed by atoms with E-state index in [4.69, 9.17) is 5.14 Å². The van der Waals surface area contributed by atoms with Gasteiger partial charge in [-0.25, -0.2) is 13.6 Å². The van der Waals surface area contributed by atoms with Crippen LogP contribution in [-0.4, -0.2) is 25.8 Å². The molecule has 1 aromatic carbocycles. The minimum absolute atomic E-state index is 0.0333. The van der Waals surface area contributed by atoms with Crippen molar-refractivity contribution in [3.63, 3.8) is 0 Å². The molecule has 1 amide bonds. The van der Waals surface area contributed by atoms with Gasteiger partial charge in [0.15, 0.2) is 0 Å². The first kappa shape index (κ1) is 14.4. The molecule has 7 heteroatoms. The van der Waals surface area contributed by atoms with Crippen LogP contribution in [-0.2, 0) is 21.4 Å². The first-order chi connectivity index (χ1) is 8.97. The Bertz CT molecular complexity index is 566. The summed E-state index contributed by atoms with van der Waals surface area (Å²) in [6.45, 7) is 0.323. The maximum atomic E-state index is 11.8. The second-order valence-electron chi connectivity index (χ2n) is 4.47. The lowest BCUT2D eigenvalue weighted by Gasteiger charge is -2.10. The van der Waals surface area contributed by atoms with Gasteiger partial charge in [0.25, 0.3) is 0 Å². The topological polar surface area (TPSA) is 89.3 Å². The molecule has 1 aromatic rings. The number of nitrogens with one attached hydrogen (secondary N) is 1. The van der Waals surface area contributed by atoms with E-state index in [1.165, 1.54) is 12.1 Å². The van der Waals surface area contributed by atoms with Crippen molar-refractivity contribution in [1.29, 1.82) is 0 Å². The molecule has 1 atom stereocenters. The number of sulfonamides is 1. The number of rotatable bonds is 4. The van der Waals surface area contributed by atoms with Crippen LogP contribution < -0.4 is 10.5 Å². The summed E-state index contributed by atoms with van der Waals surface area (Å²) >= 11 is 1.78. The van der Waals surface area contributed by atoms with Gasteiger partial charge in [-0.05, 0) is 29.9 Å². The van der Waals surface area contributed by atoms with Crippen LogP contribution >= 0.6 is 11.8 Å².